The lowest BCUT2D eigenvalue weighted by Crippen LogP contribution is -3.14. The molecule has 0 saturated heterocycles. The van der Waals surface area contributed by atoms with Crippen LogP contribution in [0.15, 0.2) is 29.0 Å². The van der Waals surface area contributed by atoms with E-state index in [1.165, 1.54) is 20.2 Å². The fraction of sp³-hybridized carbons (Fsp3) is 0.368. The van der Waals surface area contributed by atoms with Gasteiger partial charge in [-0.15, -0.1) is 22.7 Å². The quantitative estimate of drug-likeness (QED) is 0.722. The number of anilines is 1. The van der Waals surface area contributed by atoms with Crippen molar-refractivity contribution in [2.75, 3.05) is 18.4 Å². The molecule has 0 spiro atoms. The molecule has 1 amide bonds. The highest BCUT2D eigenvalue weighted by atomic mass is 32.1. The summed E-state index contributed by atoms with van der Waals surface area (Å²) in [7, 11) is 1.90. The monoisotopic (exact) mass is 387 g/mol. The molecule has 1 aliphatic rings. The van der Waals surface area contributed by atoms with Gasteiger partial charge in [-0.1, -0.05) is 6.07 Å². The highest BCUT2D eigenvalue weighted by Gasteiger charge is 2.35. The summed E-state index contributed by atoms with van der Waals surface area (Å²) in [5.74, 6) is 0.0550. The van der Waals surface area contributed by atoms with Gasteiger partial charge in [0, 0.05) is 23.9 Å². The molecular formula is C19H23N4OS2+. The SMILES string of the molecule is Cc1nn(C)c(C)c1NC(=O)C[NH+]1CCc2sccc2[C@H]1c1cccs1. The Balaban J connectivity index is 1.56. The van der Waals surface area contributed by atoms with Gasteiger partial charge in [-0.2, -0.15) is 5.10 Å². The van der Waals surface area contributed by atoms with Crippen LogP contribution in [0.1, 0.15) is 32.7 Å². The predicted molar refractivity (Wildman–Crippen MR) is 106 cm³/mol. The van der Waals surface area contributed by atoms with Crippen LogP contribution in [0, 0.1) is 13.8 Å². The topological polar surface area (TPSA) is 51.4 Å². The number of aromatic nitrogens is 2. The first kappa shape index (κ1) is 17.5. The van der Waals surface area contributed by atoms with Gasteiger partial charge in [0.2, 0.25) is 0 Å². The average Bonchev–Trinajstić information content (AvgIpc) is 3.33. The summed E-state index contributed by atoms with van der Waals surface area (Å²) in [5.41, 5.74) is 4.08. The molecule has 1 unspecified atom stereocenters. The van der Waals surface area contributed by atoms with Crippen LogP contribution in [0.5, 0.6) is 0 Å². The molecule has 1 aliphatic heterocycles. The molecular weight excluding hydrogens is 364 g/mol. The smallest absolute Gasteiger partial charge is 0.279 e. The first-order chi connectivity index (χ1) is 12.5. The summed E-state index contributed by atoms with van der Waals surface area (Å²) >= 11 is 3.61. The Morgan fingerprint density at radius 1 is 1.35 bits per heavy atom. The number of thiophene rings is 2. The van der Waals surface area contributed by atoms with Gasteiger partial charge in [0.15, 0.2) is 6.54 Å². The standard InChI is InChI=1S/C19H22N4OS2/c1-12-18(13(2)22(3)21-12)20-17(24)11-23-8-6-15-14(7-10-26-15)19(23)16-5-4-9-25-16/h4-5,7,9-10,19H,6,8,11H2,1-3H3,(H,20,24)/p+1/t19-/m0/s1. The van der Waals surface area contributed by atoms with E-state index in [0.29, 0.717) is 6.54 Å². The fourth-order valence-corrected chi connectivity index (χ4v) is 5.62. The predicted octanol–water partition coefficient (Wildman–Crippen LogP) is 2.33. The number of hydrogen-bond donors (Lipinski definition) is 2. The first-order valence-electron chi connectivity index (χ1n) is 8.79. The van der Waals surface area contributed by atoms with Gasteiger partial charge in [-0.3, -0.25) is 9.48 Å². The molecule has 26 heavy (non-hydrogen) atoms. The van der Waals surface area contributed by atoms with Crippen molar-refractivity contribution in [2.45, 2.75) is 26.3 Å². The van der Waals surface area contributed by atoms with Crippen molar-refractivity contribution >= 4 is 34.3 Å². The second-order valence-electron chi connectivity index (χ2n) is 6.80. The molecule has 5 nitrogen and oxygen atoms in total. The van der Waals surface area contributed by atoms with Crippen molar-refractivity contribution in [1.82, 2.24) is 9.78 Å². The van der Waals surface area contributed by atoms with E-state index in [2.05, 4.69) is 39.4 Å². The number of quaternary nitrogens is 1. The minimum atomic E-state index is 0.0550. The molecule has 3 aromatic heterocycles. The zero-order chi connectivity index (χ0) is 18.3. The normalized spacial score (nSPS) is 19.3. The third kappa shape index (κ3) is 3.11. The molecule has 0 aromatic carbocycles. The van der Waals surface area contributed by atoms with Crippen LogP contribution in [-0.2, 0) is 18.3 Å². The van der Waals surface area contributed by atoms with E-state index in [1.54, 1.807) is 11.3 Å². The van der Waals surface area contributed by atoms with Gasteiger partial charge in [0.25, 0.3) is 5.91 Å². The van der Waals surface area contributed by atoms with Crippen LogP contribution in [0.25, 0.3) is 0 Å². The molecule has 2 N–H and O–H groups in total. The molecule has 3 aromatic rings. The van der Waals surface area contributed by atoms with Crippen LogP contribution in [0.4, 0.5) is 5.69 Å². The van der Waals surface area contributed by atoms with Gasteiger partial charge in [-0.25, -0.2) is 0 Å². The van der Waals surface area contributed by atoms with E-state index >= 15 is 0 Å². The summed E-state index contributed by atoms with van der Waals surface area (Å²) in [6.45, 7) is 5.36. The fourth-order valence-electron chi connectivity index (χ4n) is 3.79. The first-order valence-corrected chi connectivity index (χ1v) is 10.5. The maximum Gasteiger partial charge on any atom is 0.279 e. The summed E-state index contributed by atoms with van der Waals surface area (Å²) in [6.07, 6.45) is 1.04. The third-order valence-electron chi connectivity index (χ3n) is 5.16. The van der Waals surface area contributed by atoms with Gasteiger partial charge in [0.1, 0.15) is 6.04 Å². The number of aryl methyl sites for hydroxylation is 2. The van der Waals surface area contributed by atoms with E-state index in [4.69, 9.17) is 0 Å². The van der Waals surface area contributed by atoms with Gasteiger partial charge < -0.3 is 10.2 Å². The Labute approximate surface area is 161 Å². The highest BCUT2D eigenvalue weighted by molar-refractivity contribution is 7.10. The average molecular weight is 388 g/mol. The number of hydrogen-bond acceptors (Lipinski definition) is 4. The number of nitrogens with one attached hydrogen (secondary N) is 2. The highest BCUT2D eigenvalue weighted by Crippen LogP contribution is 2.31. The van der Waals surface area contributed by atoms with Crippen molar-refractivity contribution < 1.29 is 9.69 Å². The molecule has 0 bridgehead atoms. The Morgan fingerprint density at radius 3 is 2.88 bits per heavy atom. The Hall–Kier alpha value is -1.96. The van der Waals surface area contributed by atoms with E-state index in [9.17, 15) is 4.79 Å². The molecule has 0 radical (unpaired) electrons. The summed E-state index contributed by atoms with van der Waals surface area (Å²) in [6, 6.07) is 6.78. The van der Waals surface area contributed by atoms with Crippen molar-refractivity contribution in [2.24, 2.45) is 7.05 Å². The van der Waals surface area contributed by atoms with Gasteiger partial charge >= 0.3 is 0 Å². The number of carbonyl (C=O) groups excluding carboxylic acids is 1. The maximum absolute atomic E-state index is 12.8. The molecule has 2 atom stereocenters. The van der Waals surface area contributed by atoms with Crippen LogP contribution < -0.4 is 10.2 Å². The third-order valence-corrected chi connectivity index (χ3v) is 7.09. The summed E-state index contributed by atoms with van der Waals surface area (Å²) < 4.78 is 1.81. The number of amides is 1. The van der Waals surface area contributed by atoms with Crippen LogP contribution in [0.2, 0.25) is 0 Å². The lowest BCUT2D eigenvalue weighted by molar-refractivity contribution is -0.919. The van der Waals surface area contributed by atoms with E-state index in [-0.39, 0.29) is 11.9 Å². The molecule has 0 fully saturated rings. The van der Waals surface area contributed by atoms with Crippen molar-refractivity contribution in [1.29, 1.82) is 0 Å². The zero-order valence-corrected chi connectivity index (χ0v) is 16.8. The number of carbonyl (C=O) groups is 1. The van der Waals surface area contributed by atoms with E-state index in [1.807, 2.05) is 36.9 Å². The summed E-state index contributed by atoms with van der Waals surface area (Å²) in [4.78, 5) is 16.9. The molecule has 7 heteroatoms. The lowest BCUT2D eigenvalue weighted by atomic mass is 9.98. The van der Waals surface area contributed by atoms with Crippen molar-refractivity contribution in [3.8, 4) is 0 Å². The molecule has 0 saturated carbocycles. The van der Waals surface area contributed by atoms with Crippen LogP contribution in [0.3, 0.4) is 0 Å². The lowest BCUT2D eigenvalue weighted by Gasteiger charge is -2.31. The largest absolute Gasteiger partial charge is 0.318 e. The minimum absolute atomic E-state index is 0.0550. The molecule has 4 rings (SSSR count). The van der Waals surface area contributed by atoms with Crippen LogP contribution in [-0.4, -0.2) is 28.8 Å². The van der Waals surface area contributed by atoms with E-state index in [0.717, 1.165) is 30.0 Å². The molecule has 136 valence electrons. The molecule has 4 heterocycles. The van der Waals surface area contributed by atoms with E-state index < -0.39 is 0 Å². The second-order valence-corrected chi connectivity index (χ2v) is 8.78. The zero-order valence-electron chi connectivity index (χ0n) is 15.2. The maximum atomic E-state index is 12.8. The Morgan fingerprint density at radius 2 is 2.19 bits per heavy atom. The second kappa shape index (κ2) is 6.98. The van der Waals surface area contributed by atoms with Gasteiger partial charge in [-0.05, 0) is 36.7 Å². The summed E-state index contributed by atoms with van der Waals surface area (Å²) in [5, 5.41) is 11.8. The number of rotatable bonds is 4. The van der Waals surface area contributed by atoms with Crippen LogP contribution >= 0.6 is 22.7 Å². The van der Waals surface area contributed by atoms with Crippen molar-refractivity contribution in [3.63, 3.8) is 0 Å². The molecule has 0 aliphatic carbocycles. The Kier molecular flexibility index (Phi) is 4.69. The number of nitrogens with zero attached hydrogens (tertiary/aromatic N) is 2. The Bertz CT molecular complexity index is 926. The minimum Gasteiger partial charge on any atom is -0.318 e. The van der Waals surface area contributed by atoms with Crippen molar-refractivity contribution in [3.05, 3.63) is 55.7 Å². The van der Waals surface area contributed by atoms with Gasteiger partial charge in [0.05, 0.1) is 28.5 Å². The number of fused-ring (bicyclic) bond motifs is 1.